The molecular formula is C19H26ClN3O3. The molecule has 2 aromatic rings. The Morgan fingerprint density at radius 2 is 2.08 bits per heavy atom. The first kappa shape index (κ1) is 19.0. The maximum atomic E-state index is 12.5. The summed E-state index contributed by atoms with van der Waals surface area (Å²) in [4.78, 5) is 17.9. The van der Waals surface area contributed by atoms with Crippen LogP contribution < -0.4 is 15.6 Å². The van der Waals surface area contributed by atoms with Crippen LogP contribution in [0.2, 0.25) is 0 Å². The second kappa shape index (κ2) is 8.29. The van der Waals surface area contributed by atoms with Crippen molar-refractivity contribution in [3.05, 3.63) is 33.6 Å². The highest BCUT2D eigenvalue weighted by Crippen LogP contribution is 2.36. The number of morpholine rings is 1. The Hall–Kier alpha value is -1.76. The maximum absolute atomic E-state index is 12.5. The number of hydrogen-bond acceptors (Lipinski definition) is 5. The van der Waals surface area contributed by atoms with Crippen LogP contribution in [0.5, 0.6) is 5.75 Å². The summed E-state index contributed by atoms with van der Waals surface area (Å²) in [6.45, 7) is 7.75. The molecule has 0 radical (unpaired) electrons. The number of hydrogen-bond donors (Lipinski definition) is 2. The van der Waals surface area contributed by atoms with Crippen molar-refractivity contribution in [1.82, 2.24) is 9.88 Å². The second-order valence-corrected chi connectivity index (χ2v) is 6.68. The standard InChI is InChI=1S/C19H25N3O3.ClH/c1-2-25-16-11-13(12-22-6-8-24-9-7-22)10-15-17(16)18-14(19(23)21-15)4-3-5-20-18;/h10-11,20H,2-9,12H2,1H3,(H,21,23);1H. The number of nitrogens with zero attached hydrogens (tertiary/aromatic N) is 1. The monoisotopic (exact) mass is 379 g/mol. The van der Waals surface area contributed by atoms with Gasteiger partial charge in [-0.3, -0.25) is 9.69 Å². The lowest BCUT2D eigenvalue weighted by Gasteiger charge is -2.27. The smallest absolute Gasteiger partial charge is 0.253 e. The minimum absolute atomic E-state index is 0. The average Bonchev–Trinajstić information content (AvgIpc) is 2.63. The number of fused-ring (bicyclic) bond motifs is 3. The summed E-state index contributed by atoms with van der Waals surface area (Å²) in [5, 5.41) is 4.42. The van der Waals surface area contributed by atoms with Gasteiger partial charge in [0.2, 0.25) is 0 Å². The summed E-state index contributed by atoms with van der Waals surface area (Å²) in [5.74, 6) is 0.852. The third kappa shape index (κ3) is 3.68. The Morgan fingerprint density at radius 3 is 2.85 bits per heavy atom. The molecule has 6 nitrogen and oxygen atoms in total. The van der Waals surface area contributed by atoms with Crippen LogP contribution in [0.4, 0.5) is 5.69 Å². The van der Waals surface area contributed by atoms with Crippen LogP contribution in [0.15, 0.2) is 16.9 Å². The van der Waals surface area contributed by atoms with Gasteiger partial charge in [0.05, 0.1) is 36.4 Å². The van der Waals surface area contributed by atoms with E-state index in [0.29, 0.717) is 6.61 Å². The van der Waals surface area contributed by atoms with E-state index >= 15 is 0 Å². The molecule has 2 aliphatic rings. The molecule has 0 amide bonds. The number of pyridine rings is 1. The Kier molecular flexibility index (Phi) is 6.06. The zero-order valence-electron chi connectivity index (χ0n) is 15.1. The largest absolute Gasteiger partial charge is 0.493 e. The SMILES string of the molecule is CCOc1cc(CN2CCOCC2)cc2[nH]c(=O)c3c(c12)NCCC3.Cl. The summed E-state index contributed by atoms with van der Waals surface area (Å²) >= 11 is 0. The molecule has 7 heteroatoms. The number of H-pyrrole nitrogens is 1. The van der Waals surface area contributed by atoms with Crippen molar-refractivity contribution >= 4 is 29.0 Å². The molecule has 1 fully saturated rings. The Morgan fingerprint density at radius 1 is 1.27 bits per heavy atom. The zero-order valence-corrected chi connectivity index (χ0v) is 15.9. The van der Waals surface area contributed by atoms with E-state index in [2.05, 4.69) is 27.3 Å². The minimum Gasteiger partial charge on any atom is -0.493 e. The third-order valence-corrected chi connectivity index (χ3v) is 4.95. The van der Waals surface area contributed by atoms with Gasteiger partial charge in [0.1, 0.15) is 5.75 Å². The Balaban J connectivity index is 0.00000196. The van der Waals surface area contributed by atoms with Gasteiger partial charge in [-0.25, -0.2) is 0 Å². The summed E-state index contributed by atoms with van der Waals surface area (Å²) in [6, 6.07) is 4.21. The number of nitrogens with one attached hydrogen (secondary N) is 2. The van der Waals surface area contributed by atoms with E-state index in [0.717, 1.165) is 85.7 Å². The van der Waals surface area contributed by atoms with Gasteiger partial charge in [-0.05, 0) is 37.5 Å². The Labute approximate surface area is 159 Å². The molecule has 0 atom stereocenters. The average molecular weight is 380 g/mol. The molecule has 0 aliphatic carbocycles. The summed E-state index contributed by atoms with van der Waals surface area (Å²) in [5.41, 5.74) is 3.82. The summed E-state index contributed by atoms with van der Waals surface area (Å²) in [7, 11) is 0. The minimum atomic E-state index is 0. The topological polar surface area (TPSA) is 66.6 Å². The lowest BCUT2D eigenvalue weighted by molar-refractivity contribution is 0.0342. The van der Waals surface area contributed by atoms with Crippen LogP contribution in [0.25, 0.3) is 10.9 Å². The normalized spacial score (nSPS) is 17.3. The van der Waals surface area contributed by atoms with Gasteiger partial charge in [-0.15, -0.1) is 12.4 Å². The van der Waals surface area contributed by atoms with Crippen LogP contribution in [0.1, 0.15) is 24.5 Å². The number of halogens is 1. The number of aromatic amines is 1. The van der Waals surface area contributed by atoms with Gasteiger partial charge in [0, 0.05) is 31.7 Å². The first-order valence-electron chi connectivity index (χ1n) is 9.15. The highest BCUT2D eigenvalue weighted by atomic mass is 35.5. The second-order valence-electron chi connectivity index (χ2n) is 6.68. The van der Waals surface area contributed by atoms with Crippen LogP contribution in [0, 0.1) is 0 Å². The van der Waals surface area contributed by atoms with Gasteiger partial charge < -0.3 is 19.8 Å². The highest BCUT2D eigenvalue weighted by Gasteiger charge is 2.20. The molecule has 0 bridgehead atoms. The zero-order chi connectivity index (χ0) is 17.2. The van der Waals surface area contributed by atoms with Crippen LogP contribution in [0.3, 0.4) is 0 Å². The van der Waals surface area contributed by atoms with Crippen molar-refractivity contribution in [3.8, 4) is 5.75 Å². The van der Waals surface area contributed by atoms with E-state index in [-0.39, 0.29) is 18.0 Å². The first-order chi connectivity index (χ1) is 12.3. The lowest BCUT2D eigenvalue weighted by atomic mass is 9.99. The van der Waals surface area contributed by atoms with Crippen molar-refractivity contribution < 1.29 is 9.47 Å². The van der Waals surface area contributed by atoms with Gasteiger partial charge in [-0.1, -0.05) is 0 Å². The van der Waals surface area contributed by atoms with Gasteiger partial charge in [0.15, 0.2) is 0 Å². The van der Waals surface area contributed by atoms with E-state index in [1.807, 2.05) is 6.92 Å². The molecule has 0 spiro atoms. The predicted molar refractivity (Wildman–Crippen MR) is 106 cm³/mol. The van der Waals surface area contributed by atoms with E-state index in [1.165, 1.54) is 0 Å². The van der Waals surface area contributed by atoms with Crippen molar-refractivity contribution in [3.63, 3.8) is 0 Å². The van der Waals surface area contributed by atoms with E-state index in [4.69, 9.17) is 9.47 Å². The molecular weight excluding hydrogens is 354 g/mol. The maximum Gasteiger partial charge on any atom is 0.253 e. The van der Waals surface area contributed by atoms with Gasteiger partial charge >= 0.3 is 0 Å². The summed E-state index contributed by atoms with van der Waals surface area (Å²) in [6.07, 6.45) is 1.80. The van der Waals surface area contributed by atoms with E-state index in [1.54, 1.807) is 0 Å². The number of aromatic nitrogens is 1. The number of rotatable bonds is 4. The van der Waals surface area contributed by atoms with Crippen molar-refractivity contribution in [2.24, 2.45) is 0 Å². The fraction of sp³-hybridized carbons (Fsp3) is 0.526. The number of ether oxygens (including phenoxy) is 2. The molecule has 1 aromatic carbocycles. The number of anilines is 1. The van der Waals surface area contributed by atoms with E-state index < -0.39 is 0 Å². The molecule has 1 saturated heterocycles. The fourth-order valence-corrected chi connectivity index (χ4v) is 3.78. The van der Waals surface area contributed by atoms with Gasteiger partial charge in [0.25, 0.3) is 5.56 Å². The lowest BCUT2D eigenvalue weighted by Crippen LogP contribution is -2.35. The molecule has 26 heavy (non-hydrogen) atoms. The highest BCUT2D eigenvalue weighted by molar-refractivity contribution is 5.98. The summed E-state index contributed by atoms with van der Waals surface area (Å²) < 4.78 is 11.4. The van der Waals surface area contributed by atoms with Crippen molar-refractivity contribution in [2.45, 2.75) is 26.3 Å². The molecule has 3 heterocycles. The molecule has 1 aromatic heterocycles. The predicted octanol–water partition coefficient (Wildman–Crippen LogP) is 2.54. The molecule has 2 aliphatic heterocycles. The van der Waals surface area contributed by atoms with Crippen LogP contribution >= 0.6 is 12.4 Å². The molecule has 0 saturated carbocycles. The van der Waals surface area contributed by atoms with E-state index in [9.17, 15) is 4.79 Å². The van der Waals surface area contributed by atoms with Crippen LogP contribution in [-0.2, 0) is 17.7 Å². The van der Waals surface area contributed by atoms with Crippen molar-refractivity contribution in [1.29, 1.82) is 0 Å². The Bertz CT molecular complexity index is 831. The molecule has 142 valence electrons. The molecule has 2 N–H and O–H groups in total. The fourth-order valence-electron chi connectivity index (χ4n) is 3.78. The molecule has 4 rings (SSSR count). The quantitative estimate of drug-likeness (QED) is 0.854. The first-order valence-corrected chi connectivity index (χ1v) is 9.15. The van der Waals surface area contributed by atoms with Crippen molar-refractivity contribution in [2.75, 3.05) is 44.8 Å². The van der Waals surface area contributed by atoms with Gasteiger partial charge in [-0.2, -0.15) is 0 Å². The molecule has 0 unspecified atom stereocenters. The van der Waals surface area contributed by atoms with Crippen LogP contribution in [-0.4, -0.2) is 49.3 Å². The number of benzene rings is 1. The third-order valence-electron chi connectivity index (χ3n) is 4.95.